The van der Waals surface area contributed by atoms with Crippen LogP contribution in [0.5, 0.6) is 0 Å². The molecular formula is C12H24S. The number of hydrogen-bond donors (Lipinski definition) is 0. The van der Waals surface area contributed by atoms with Crippen LogP contribution < -0.4 is 0 Å². The van der Waals surface area contributed by atoms with Gasteiger partial charge in [-0.15, -0.1) is 0 Å². The SMILES string of the molecule is CCC(C)C1CCC(C)(SC)CC1. The van der Waals surface area contributed by atoms with E-state index in [-0.39, 0.29) is 0 Å². The van der Waals surface area contributed by atoms with Crippen LogP contribution in [0.2, 0.25) is 0 Å². The first-order valence-corrected chi connectivity index (χ1v) is 6.89. The molecule has 13 heavy (non-hydrogen) atoms. The minimum atomic E-state index is 0.601. The first kappa shape index (κ1) is 11.4. The lowest BCUT2D eigenvalue weighted by atomic mass is 9.76. The van der Waals surface area contributed by atoms with Crippen molar-refractivity contribution in [1.82, 2.24) is 0 Å². The van der Waals surface area contributed by atoms with Crippen molar-refractivity contribution in [3.63, 3.8) is 0 Å². The van der Waals surface area contributed by atoms with Crippen LogP contribution in [-0.2, 0) is 0 Å². The van der Waals surface area contributed by atoms with Gasteiger partial charge in [-0.2, -0.15) is 11.8 Å². The maximum Gasteiger partial charge on any atom is 0.0129 e. The van der Waals surface area contributed by atoms with Crippen molar-refractivity contribution in [2.75, 3.05) is 6.26 Å². The van der Waals surface area contributed by atoms with E-state index in [4.69, 9.17) is 0 Å². The van der Waals surface area contributed by atoms with Crippen LogP contribution in [0.4, 0.5) is 0 Å². The van der Waals surface area contributed by atoms with Crippen LogP contribution in [0.3, 0.4) is 0 Å². The Labute approximate surface area is 87.9 Å². The molecule has 1 saturated carbocycles. The molecule has 1 aliphatic carbocycles. The quantitative estimate of drug-likeness (QED) is 0.653. The minimum absolute atomic E-state index is 0.601. The lowest BCUT2D eigenvalue weighted by Gasteiger charge is -2.38. The van der Waals surface area contributed by atoms with E-state index in [1.165, 1.54) is 32.1 Å². The summed E-state index contributed by atoms with van der Waals surface area (Å²) >= 11 is 2.07. The summed E-state index contributed by atoms with van der Waals surface area (Å²) in [6, 6.07) is 0. The van der Waals surface area contributed by atoms with Crippen molar-refractivity contribution in [3.05, 3.63) is 0 Å². The fraction of sp³-hybridized carbons (Fsp3) is 1.00. The molecule has 0 N–H and O–H groups in total. The number of rotatable bonds is 3. The van der Waals surface area contributed by atoms with Crippen molar-refractivity contribution in [2.24, 2.45) is 11.8 Å². The Morgan fingerprint density at radius 3 is 2.31 bits per heavy atom. The van der Waals surface area contributed by atoms with Crippen LogP contribution in [-0.4, -0.2) is 11.0 Å². The Bertz CT molecular complexity index is 145. The highest BCUT2D eigenvalue weighted by atomic mass is 32.2. The molecule has 0 nitrogen and oxygen atoms in total. The largest absolute Gasteiger partial charge is 0.159 e. The minimum Gasteiger partial charge on any atom is -0.159 e. The highest BCUT2D eigenvalue weighted by Crippen LogP contribution is 2.42. The van der Waals surface area contributed by atoms with Gasteiger partial charge in [0.2, 0.25) is 0 Å². The molecule has 0 amide bonds. The first-order valence-electron chi connectivity index (χ1n) is 5.66. The van der Waals surface area contributed by atoms with E-state index in [0.29, 0.717) is 4.75 Å². The second kappa shape index (κ2) is 4.72. The Hall–Kier alpha value is 0.350. The summed E-state index contributed by atoms with van der Waals surface area (Å²) in [6.45, 7) is 7.18. The number of hydrogen-bond acceptors (Lipinski definition) is 1. The molecular weight excluding hydrogens is 176 g/mol. The molecule has 1 fully saturated rings. The third kappa shape index (κ3) is 2.90. The van der Waals surface area contributed by atoms with Crippen molar-refractivity contribution in [3.8, 4) is 0 Å². The second-order valence-corrected chi connectivity index (χ2v) is 6.27. The highest BCUT2D eigenvalue weighted by Gasteiger charge is 2.31. The zero-order valence-corrected chi connectivity index (χ0v) is 10.4. The van der Waals surface area contributed by atoms with E-state index in [0.717, 1.165) is 11.8 Å². The Balaban J connectivity index is 2.38. The topological polar surface area (TPSA) is 0 Å². The van der Waals surface area contributed by atoms with Gasteiger partial charge < -0.3 is 0 Å². The molecule has 1 unspecified atom stereocenters. The highest BCUT2D eigenvalue weighted by molar-refractivity contribution is 7.99. The molecule has 0 heterocycles. The van der Waals surface area contributed by atoms with Gasteiger partial charge >= 0.3 is 0 Å². The average molecular weight is 200 g/mol. The van der Waals surface area contributed by atoms with Crippen molar-refractivity contribution in [1.29, 1.82) is 0 Å². The zero-order valence-electron chi connectivity index (χ0n) is 9.60. The van der Waals surface area contributed by atoms with Gasteiger partial charge in [0.05, 0.1) is 0 Å². The smallest absolute Gasteiger partial charge is 0.0129 e. The van der Waals surface area contributed by atoms with Crippen LogP contribution in [0.15, 0.2) is 0 Å². The van der Waals surface area contributed by atoms with E-state index in [1.807, 2.05) is 0 Å². The summed E-state index contributed by atoms with van der Waals surface area (Å²) in [5.74, 6) is 1.97. The van der Waals surface area contributed by atoms with Crippen molar-refractivity contribution < 1.29 is 0 Å². The van der Waals surface area contributed by atoms with Gasteiger partial charge in [0.1, 0.15) is 0 Å². The van der Waals surface area contributed by atoms with Crippen LogP contribution >= 0.6 is 11.8 Å². The molecule has 0 aromatic heterocycles. The predicted molar refractivity (Wildman–Crippen MR) is 63.3 cm³/mol. The van der Waals surface area contributed by atoms with Gasteiger partial charge in [0.25, 0.3) is 0 Å². The lowest BCUT2D eigenvalue weighted by molar-refractivity contribution is 0.234. The zero-order chi connectivity index (χ0) is 9.90. The van der Waals surface area contributed by atoms with Gasteiger partial charge in [-0.05, 0) is 43.8 Å². The van der Waals surface area contributed by atoms with Crippen molar-refractivity contribution >= 4 is 11.8 Å². The summed E-state index contributed by atoms with van der Waals surface area (Å²) in [7, 11) is 0. The fourth-order valence-electron chi connectivity index (χ4n) is 2.36. The van der Waals surface area contributed by atoms with Crippen LogP contribution in [0.25, 0.3) is 0 Å². The van der Waals surface area contributed by atoms with E-state index < -0.39 is 0 Å². The molecule has 1 atom stereocenters. The molecule has 0 aliphatic heterocycles. The summed E-state index contributed by atoms with van der Waals surface area (Å²) in [5, 5.41) is 0. The van der Waals surface area contributed by atoms with E-state index >= 15 is 0 Å². The molecule has 0 saturated heterocycles. The normalized spacial score (nSPS) is 37.4. The van der Waals surface area contributed by atoms with E-state index in [1.54, 1.807) is 0 Å². The second-order valence-electron chi connectivity index (χ2n) is 4.88. The molecule has 78 valence electrons. The molecule has 0 aromatic rings. The van der Waals surface area contributed by atoms with E-state index in [9.17, 15) is 0 Å². The molecule has 1 aliphatic rings. The van der Waals surface area contributed by atoms with Crippen LogP contribution in [0.1, 0.15) is 52.9 Å². The summed E-state index contributed by atoms with van der Waals surface area (Å²) in [4.78, 5) is 0. The van der Waals surface area contributed by atoms with Gasteiger partial charge in [-0.25, -0.2) is 0 Å². The summed E-state index contributed by atoms with van der Waals surface area (Å²) in [5.41, 5.74) is 0. The van der Waals surface area contributed by atoms with E-state index in [2.05, 4.69) is 38.8 Å². The molecule has 1 heteroatoms. The molecule has 0 radical (unpaired) electrons. The average Bonchev–Trinajstić information content (AvgIpc) is 2.18. The van der Waals surface area contributed by atoms with Gasteiger partial charge in [0, 0.05) is 4.75 Å². The monoisotopic (exact) mass is 200 g/mol. The fourth-order valence-corrected chi connectivity index (χ4v) is 3.00. The van der Waals surface area contributed by atoms with Crippen molar-refractivity contribution in [2.45, 2.75) is 57.6 Å². The van der Waals surface area contributed by atoms with Gasteiger partial charge in [-0.1, -0.05) is 27.2 Å². The standard InChI is InChI=1S/C12H24S/c1-5-10(2)11-6-8-12(3,13-4)9-7-11/h10-11H,5-9H2,1-4H3. The molecule has 0 spiro atoms. The molecule has 1 rings (SSSR count). The first-order chi connectivity index (χ1) is 6.11. The molecule has 0 bridgehead atoms. The van der Waals surface area contributed by atoms with Gasteiger partial charge in [0.15, 0.2) is 0 Å². The summed E-state index contributed by atoms with van der Waals surface area (Å²) in [6.07, 6.45) is 9.43. The van der Waals surface area contributed by atoms with Crippen LogP contribution in [0, 0.1) is 11.8 Å². The third-order valence-corrected chi connectivity index (χ3v) is 5.42. The maximum absolute atomic E-state index is 2.44. The lowest BCUT2D eigenvalue weighted by Crippen LogP contribution is -2.29. The Morgan fingerprint density at radius 2 is 1.92 bits per heavy atom. The number of thioether (sulfide) groups is 1. The maximum atomic E-state index is 2.44. The Morgan fingerprint density at radius 1 is 1.38 bits per heavy atom. The summed E-state index contributed by atoms with van der Waals surface area (Å²) < 4.78 is 0.601. The van der Waals surface area contributed by atoms with Gasteiger partial charge in [-0.3, -0.25) is 0 Å². The molecule has 0 aromatic carbocycles. The predicted octanol–water partition coefficient (Wildman–Crippen LogP) is 4.34. The Kier molecular flexibility index (Phi) is 4.15. The third-order valence-electron chi connectivity index (χ3n) is 4.03.